The van der Waals surface area contributed by atoms with Crippen LogP contribution in [0.5, 0.6) is 11.5 Å². The predicted octanol–water partition coefficient (Wildman–Crippen LogP) is 2.23. The molecule has 0 atom stereocenters. The molecule has 0 fully saturated rings. The molecule has 0 unspecified atom stereocenters. The molecule has 2 rings (SSSR count). The summed E-state index contributed by atoms with van der Waals surface area (Å²) in [5, 5.41) is 14.8. The van der Waals surface area contributed by atoms with Gasteiger partial charge in [-0.25, -0.2) is 4.83 Å². The van der Waals surface area contributed by atoms with Crippen molar-refractivity contribution in [3.05, 3.63) is 57.6 Å². The Hall–Kier alpha value is -3.14. The van der Waals surface area contributed by atoms with Gasteiger partial charge in [-0.05, 0) is 25.1 Å². The Morgan fingerprint density at radius 2 is 1.69 bits per heavy atom. The minimum atomic E-state index is -3.88. The highest BCUT2D eigenvalue weighted by Gasteiger charge is 2.19. The molecular formula is C16H17N3O6S. The zero-order valence-electron chi connectivity index (χ0n) is 14.3. The van der Waals surface area contributed by atoms with Crippen molar-refractivity contribution >= 4 is 21.9 Å². The zero-order valence-corrected chi connectivity index (χ0v) is 15.1. The number of rotatable bonds is 7. The van der Waals surface area contributed by atoms with Crippen LogP contribution in [0.2, 0.25) is 0 Å². The predicted molar refractivity (Wildman–Crippen MR) is 95.3 cm³/mol. The van der Waals surface area contributed by atoms with Gasteiger partial charge < -0.3 is 9.47 Å². The maximum atomic E-state index is 12.2. The molecule has 138 valence electrons. The molecule has 0 spiro atoms. The van der Waals surface area contributed by atoms with Crippen LogP contribution in [0, 0.1) is 17.0 Å². The fourth-order valence-electron chi connectivity index (χ4n) is 2.08. The van der Waals surface area contributed by atoms with Crippen molar-refractivity contribution in [2.45, 2.75) is 11.8 Å². The summed E-state index contributed by atoms with van der Waals surface area (Å²) in [7, 11) is -1.15. The molecule has 0 radical (unpaired) electrons. The summed E-state index contributed by atoms with van der Waals surface area (Å²) in [6.45, 7) is 1.83. The molecule has 0 aliphatic heterocycles. The summed E-state index contributed by atoms with van der Waals surface area (Å²) < 4.78 is 34.5. The van der Waals surface area contributed by atoms with Gasteiger partial charge in [0, 0.05) is 0 Å². The molecular weight excluding hydrogens is 362 g/mol. The number of hydrogen-bond donors (Lipinski definition) is 1. The van der Waals surface area contributed by atoms with Gasteiger partial charge in [0.2, 0.25) is 0 Å². The van der Waals surface area contributed by atoms with E-state index in [-0.39, 0.29) is 27.6 Å². The van der Waals surface area contributed by atoms with E-state index in [1.54, 1.807) is 12.1 Å². The summed E-state index contributed by atoms with van der Waals surface area (Å²) in [6, 6.07) is 8.68. The average Bonchev–Trinajstić information content (AvgIpc) is 2.61. The maximum Gasteiger partial charge on any atom is 0.282 e. The molecule has 26 heavy (non-hydrogen) atoms. The van der Waals surface area contributed by atoms with Crippen molar-refractivity contribution in [2.24, 2.45) is 5.10 Å². The van der Waals surface area contributed by atoms with Crippen LogP contribution in [0.15, 0.2) is 46.4 Å². The Morgan fingerprint density at radius 1 is 1.12 bits per heavy atom. The Labute approximate surface area is 150 Å². The lowest BCUT2D eigenvalue weighted by atomic mass is 10.1. The molecule has 0 bridgehead atoms. The number of benzene rings is 2. The fourth-order valence-corrected chi connectivity index (χ4v) is 2.87. The first-order valence-corrected chi connectivity index (χ1v) is 8.78. The monoisotopic (exact) mass is 379 g/mol. The topological polar surface area (TPSA) is 120 Å². The lowest BCUT2D eigenvalue weighted by molar-refractivity contribution is -0.385. The van der Waals surface area contributed by atoms with Crippen molar-refractivity contribution in [1.29, 1.82) is 0 Å². The molecule has 0 amide bonds. The van der Waals surface area contributed by atoms with Crippen LogP contribution in [-0.2, 0) is 10.0 Å². The van der Waals surface area contributed by atoms with Gasteiger partial charge in [0.05, 0.1) is 41.9 Å². The van der Waals surface area contributed by atoms with E-state index >= 15 is 0 Å². The number of hydrogen-bond acceptors (Lipinski definition) is 7. The minimum absolute atomic E-state index is 0.0297. The van der Waals surface area contributed by atoms with Crippen LogP contribution in [0.25, 0.3) is 0 Å². The van der Waals surface area contributed by atoms with E-state index in [9.17, 15) is 18.5 Å². The molecule has 2 aromatic carbocycles. The second-order valence-electron chi connectivity index (χ2n) is 5.19. The largest absolute Gasteiger partial charge is 0.493 e. The summed E-state index contributed by atoms with van der Waals surface area (Å²) in [6.07, 6.45) is 1.03. The van der Waals surface area contributed by atoms with Crippen LogP contribution < -0.4 is 14.3 Å². The van der Waals surface area contributed by atoms with Crippen molar-refractivity contribution in [1.82, 2.24) is 4.83 Å². The molecule has 0 saturated heterocycles. The fraction of sp³-hybridized carbons (Fsp3) is 0.188. The molecule has 0 heterocycles. The standard InChI is InChI=1S/C16H17N3O6S/c1-11-4-6-13(7-5-11)26(22,23)18-17-10-12-8-15(24-2)16(25-3)9-14(12)19(20)21/h4-10,18H,1-3H3/b17-10-. The Morgan fingerprint density at radius 3 is 2.23 bits per heavy atom. The lowest BCUT2D eigenvalue weighted by Crippen LogP contribution is -2.18. The van der Waals surface area contributed by atoms with Crippen molar-refractivity contribution in [2.75, 3.05) is 14.2 Å². The van der Waals surface area contributed by atoms with E-state index in [4.69, 9.17) is 9.47 Å². The Kier molecular flexibility index (Phi) is 5.78. The number of methoxy groups -OCH3 is 2. The highest BCUT2D eigenvalue weighted by Crippen LogP contribution is 2.33. The first kappa shape index (κ1) is 19.2. The number of nitro benzene ring substituents is 1. The molecule has 1 N–H and O–H groups in total. The van der Waals surface area contributed by atoms with Crippen molar-refractivity contribution < 1.29 is 22.8 Å². The number of hydrazone groups is 1. The van der Waals surface area contributed by atoms with Crippen LogP contribution in [0.3, 0.4) is 0 Å². The average molecular weight is 379 g/mol. The Bertz CT molecular complexity index is 939. The van der Waals surface area contributed by atoms with Gasteiger partial charge in [-0.3, -0.25) is 10.1 Å². The number of ether oxygens (including phenoxy) is 2. The van der Waals surface area contributed by atoms with E-state index < -0.39 is 14.9 Å². The number of sulfonamides is 1. The highest BCUT2D eigenvalue weighted by molar-refractivity contribution is 7.89. The van der Waals surface area contributed by atoms with E-state index in [2.05, 4.69) is 5.10 Å². The summed E-state index contributed by atoms with van der Waals surface area (Å²) in [5.41, 5.74) is 0.661. The van der Waals surface area contributed by atoms with E-state index in [0.29, 0.717) is 0 Å². The zero-order chi connectivity index (χ0) is 19.3. The highest BCUT2D eigenvalue weighted by atomic mass is 32.2. The summed E-state index contributed by atoms with van der Waals surface area (Å²) >= 11 is 0. The van der Waals surface area contributed by atoms with Crippen LogP contribution in [0.1, 0.15) is 11.1 Å². The van der Waals surface area contributed by atoms with E-state index in [0.717, 1.165) is 11.8 Å². The minimum Gasteiger partial charge on any atom is -0.493 e. The second-order valence-corrected chi connectivity index (χ2v) is 6.85. The van der Waals surface area contributed by atoms with Gasteiger partial charge in [0.15, 0.2) is 11.5 Å². The molecule has 0 saturated carbocycles. The maximum absolute atomic E-state index is 12.2. The number of aryl methyl sites for hydroxylation is 1. The third-order valence-corrected chi connectivity index (χ3v) is 4.68. The van der Waals surface area contributed by atoms with Crippen LogP contribution in [0.4, 0.5) is 5.69 Å². The van der Waals surface area contributed by atoms with E-state index in [1.165, 1.54) is 38.5 Å². The third kappa shape index (κ3) is 4.28. The van der Waals surface area contributed by atoms with Crippen LogP contribution in [-0.4, -0.2) is 33.8 Å². The first-order valence-electron chi connectivity index (χ1n) is 7.30. The van der Waals surface area contributed by atoms with Gasteiger partial charge in [-0.2, -0.15) is 13.5 Å². The molecule has 9 nitrogen and oxygen atoms in total. The Balaban J connectivity index is 2.32. The number of nitro groups is 1. The summed E-state index contributed by atoms with van der Waals surface area (Å²) in [5.74, 6) is 0.428. The number of nitrogens with zero attached hydrogens (tertiary/aromatic N) is 2. The molecule has 0 aliphatic carbocycles. The van der Waals surface area contributed by atoms with Gasteiger partial charge in [-0.1, -0.05) is 17.7 Å². The van der Waals surface area contributed by atoms with Crippen molar-refractivity contribution in [3.63, 3.8) is 0 Å². The van der Waals surface area contributed by atoms with Gasteiger partial charge in [-0.15, -0.1) is 0 Å². The summed E-state index contributed by atoms with van der Waals surface area (Å²) in [4.78, 5) is 12.6. The third-order valence-electron chi connectivity index (χ3n) is 3.44. The van der Waals surface area contributed by atoms with Gasteiger partial charge in [0.1, 0.15) is 0 Å². The molecule has 10 heteroatoms. The normalized spacial score (nSPS) is 11.3. The number of nitrogens with one attached hydrogen (secondary N) is 1. The van der Waals surface area contributed by atoms with Crippen LogP contribution >= 0.6 is 0 Å². The van der Waals surface area contributed by atoms with Crippen molar-refractivity contribution in [3.8, 4) is 11.5 Å². The SMILES string of the molecule is COc1cc(/C=N\NS(=O)(=O)c2ccc(C)cc2)c([N+](=O)[O-])cc1OC. The van der Waals surface area contributed by atoms with Gasteiger partial charge in [0.25, 0.3) is 15.7 Å². The molecule has 0 aliphatic rings. The van der Waals surface area contributed by atoms with E-state index in [1.807, 2.05) is 11.8 Å². The quantitative estimate of drug-likeness (QED) is 0.447. The van der Waals surface area contributed by atoms with Gasteiger partial charge >= 0.3 is 0 Å². The second kappa shape index (κ2) is 7.83. The molecule has 0 aromatic heterocycles. The smallest absolute Gasteiger partial charge is 0.282 e. The first-order chi connectivity index (χ1) is 12.3. The molecule has 2 aromatic rings. The lowest BCUT2D eigenvalue weighted by Gasteiger charge is -2.08.